The molecule has 7 heteroatoms. The van der Waals surface area contributed by atoms with E-state index in [2.05, 4.69) is 32.0 Å². The Morgan fingerprint density at radius 1 is 1.19 bits per heavy atom. The molecule has 0 bridgehead atoms. The van der Waals surface area contributed by atoms with E-state index in [0.29, 0.717) is 19.7 Å². The van der Waals surface area contributed by atoms with Gasteiger partial charge in [0.15, 0.2) is 0 Å². The number of pyridine rings is 2. The normalized spacial score (nSPS) is 14.6. The average molecular weight is 365 g/mol. The molecule has 0 spiro atoms. The Balaban J connectivity index is 1.58. The smallest absolute Gasteiger partial charge is 0.409 e. The number of carbonyl (C=O) groups excluding carboxylic acids is 1. The Morgan fingerprint density at radius 3 is 2.70 bits per heavy atom. The molecule has 0 unspecified atom stereocenters. The fourth-order valence-electron chi connectivity index (χ4n) is 3.42. The number of fused-ring (bicyclic) bond motifs is 1. The Kier molecular flexibility index (Phi) is 4.66. The number of amides is 1. The number of aryl methyl sites for hydroxylation is 1. The molecule has 0 aromatic carbocycles. The average Bonchev–Trinajstić information content (AvgIpc) is 3.13. The van der Waals surface area contributed by atoms with Crippen LogP contribution in [0.3, 0.4) is 0 Å². The van der Waals surface area contributed by atoms with Gasteiger partial charge in [-0.05, 0) is 38.1 Å². The summed E-state index contributed by atoms with van der Waals surface area (Å²) in [5.74, 6) is 0. The predicted octanol–water partition coefficient (Wildman–Crippen LogP) is 3.21. The second-order valence-electron chi connectivity index (χ2n) is 6.64. The van der Waals surface area contributed by atoms with Crippen LogP contribution in [0.25, 0.3) is 22.3 Å². The molecule has 1 fully saturated rings. The van der Waals surface area contributed by atoms with Crippen LogP contribution >= 0.6 is 0 Å². The van der Waals surface area contributed by atoms with Gasteiger partial charge in [-0.15, -0.1) is 0 Å². The molecule has 0 atom stereocenters. The Morgan fingerprint density at radius 2 is 2.00 bits per heavy atom. The molecule has 4 rings (SSSR count). The summed E-state index contributed by atoms with van der Waals surface area (Å²) in [6.07, 6.45) is 3.47. The Labute approximate surface area is 158 Å². The van der Waals surface area contributed by atoms with Crippen molar-refractivity contribution in [2.24, 2.45) is 0 Å². The summed E-state index contributed by atoms with van der Waals surface area (Å²) in [4.78, 5) is 28.2. The minimum atomic E-state index is -0.229. The standard InChI is InChI=1S/C20H23N5O2/c1-3-27-20(26)25-10-8-24(9-11-25)18-6-7-21-19-16(18)12-17(23-19)15-5-4-14(2)22-13-15/h4-7,12-13H,3,8-11H2,1-2H3,(H,21,23). The SMILES string of the molecule is CCOC(=O)N1CCN(c2ccnc3[nH]c(-c4ccc(C)nc4)cc23)CC1. The topological polar surface area (TPSA) is 74.3 Å². The molecule has 0 radical (unpaired) electrons. The quantitative estimate of drug-likeness (QED) is 0.771. The van der Waals surface area contributed by atoms with E-state index in [-0.39, 0.29) is 6.09 Å². The number of hydrogen-bond donors (Lipinski definition) is 1. The van der Waals surface area contributed by atoms with Crippen molar-refractivity contribution in [1.29, 1.82) is 0 Å². The summed E-state index contributed by atoms with van der Waals surface area (Å²) in [6.45, 7) is 7.06. The highest BCUT2D eigenvalue weighted by Gasteiger charge is 2.23. The fraction of sp³-hybridized carbons (Fsp3) is 0.350. The zero-order valence-corrected chi connectivity index (χ0v) is 15.6. The monoisotopic (exact) mass is 365 g/mol. The van der Waals surface area contributed by atoms with Gasteiger partial charge < -0.3 is 19.5 Å². The summed E-state index contributed by atoms with van der Waals surface area (Å²) < 4.78 is 5.10. The first kappa shape index (κ1) is 17.3. The summed E-state index contributed by atoms with van der Waals surface area (Å²) in [6, 6.07) is 8.23. The predicted molar refractivity (Wildman–Crippen MR) is 105 cm³/mol. The summed E-state index contributed by atoms with van der Waals surface area (Å²) in [7, 11) is 0. The van der Waals surface area contributed by atoms with Gasteiger partial charge in [-0.3, -0.25) is 4.98 Å². The lowest BCUT2D eigenvalue weighted by Gasteiger charge is -2.35. The van der Waals surface area contributed by atoms with Crippen molar-refractivity contribution >= 4 is 22.8 Å². The molecule has 1 aliphatic heterocycles. The second kappa shape index (κ2) is 7.26. The van der Waals surface area contributed by atoms with Crippen molar-refractivity contribution in [3.63, 3.8) is 0 Å². The molecule has 4 heterocycles. The van der Waals surface area contributed by atoms with Gasteiger partial charge >= 0.3 is 6.09 Å². The van der Waals surface area contributed by atoms with Gasteiger partial charge in [0.25, 0.3) is 0 Å². The number of H-pyrrole nitrogens is 1. The molecule has 140 valence electrons. The maximum atomic E-state index is 11.9. The van der Waals surface area contributed by atoms with Gasteiger partial charge in [0.05, 0.1) is 6.61 Å². The number of hydrogen-bond acceptors (Lipinski definition) is 5. The number of rotatable bonds is 3. The molecule has 1 aliphatic rings. The number of carbonyl (C=O) groups is 1. The lowest BCUT2D eigenvalue weighted by atomic mass is 10.1. The van der Waals surface area contributed by atoms with Gasteiger partial charge in [-0.25, -0.2) is 9.78 Å². The van der Waals surface area contributed by atoms with Crippen LogP contribution in [0.15, 0.2) is 36.7 Å². The highest BCUT2D eigenvalue weighted by Crippen LogP contribution is 2.30. The fourth-order valence-corrected chi connectivity index (χ4v) is 3.42. The van der Waals surface area contributed by atoms with Crippen molar-refractivity contribution in [2.45, 2.75) is 13.8 Å². The maximum Gasteiger partial charge on any atom is 0.409 e. The van der Waals surface area contributed by atoms with Crippen LogP contribution < -0.4 is 4.90 Å². The number of ether oxygens (including phenoxy) is 1. The molecular formula is C20H23N5O2. The van der Waals surface area contributed by atoms with Crippen LogP contribution in [0.4, 0.5) is 10.5 Å². The van der Waals surface area contributed by atoms with E-state index in [1.54, 1.807) is 4.90 Å². The van der Waals surface area contributed by atoms with Crippen LogP contribution in [0.1, 0.15) is 12.6 Å². The third kappa shape index (κ3) is 3.45. The van der Waals surface area contributed by atoms with E-state index in [1.807, 2.05) is 38.4 Å². The van der Waals surface area contributed by atoms with E-state index in [4.69, 9.17) is 4.74 Å². The first-order valence-corrected chi connectivity index (χ1v) is 9.23. The molecule has 1 amide bonds. The Bertz CT molecular complexity index is 943. The van der Waals surface area contributed by atoms with Crippen molar-refractivity contribution in [3.8, 4) is 11.3 Å². The molecule has 3 aromatic rings. The Hall–Kier alpha value is -3.09. The van der Waals surface area contributed by atoms with Gasteiger partial charge in [0.2, 0.25) is 0 Å². The van der Waals surface area contributed by atoms with Crippen LogP contribution in [-0.2, 0) is 4.74 Å². The lowest BCUT2D eigenvalue weighted by Crippen LogP contribution is -2.49. The van der Waals surface area contributed by atoms with Gasteiger partial charge in [0.1, 0.15) is 5.65 Å². The summed E-state index contributed by atoms with van der Waals surface area (Å²) in [5, 5.41) is 1.08. The van der Waals surface area contributed by atoms with Gasteiger partial charge in [-0.2, -0.15) is 0 Å². The molecule has 0 saturated carbocycles. The molecule has 1 saturated heterocycles. The van der Waals surface area contributed by atoms with Crippen LogP contribution in [0.5, 0.6) is 0 Å². The number of piperazine rings is 1. The minimum absolute atomic E-state index is 0.229. The van der Waals surface area contributed by atoms with Crippen molar-refractivity contribution < 1.29 is 9.53 Å². The summed E-state index contributed by atoms with van der Waals surface area (Å²) >= 11 is 0. The van der Waals surface area contributed by atoms with E-state index in [0.717, 1.165) is 46.8 Å². The molecular weight excluding hydrogens is 342 g/mol. The third-order valence-corrected chi connectivity index (χ3v) is 4.88. The van der Waals surface area contributed by atoms with Crippen molar-refractivity contribution in [3.05, 3.63) is 42.4 Å². The maximum absolute atomic E-state index is 11.9. The van der Waals surface area contributed by atoms with Crippen molar-refractivity contribution in [2.75, 3.05) is 37.7 Å². The van der Waals surface area contributed by atoms with Crippen LogP contribution in [-0.4, -0.2) is 58.7 Å². The minimum Gasteiger partial charge on any atom is -0.450 e. The summed E-state index contributed by atoms with van der Waals surface area (Å²) in [5.41, 5.74) is 5.02. The zero-order chi connectivity index (χ0) is 18.8. The van der Waals surface area contributed by atoms with E-state index in [1.165, 1.54) is 0 Å². The largest absolute Gasteiger partial charge is 0.450 e. The highest BCUT2D eigenvalue weighted by atomic mass is 16.6. The first-order chi connectivity index (χ1) is 13.2. The molecule has 27 heavy (non-hydrogen) atoms. The third-order valence-electron chi connectivity index (χ3n) is 4.88. The van der Waals surface area contributed by atoms with Crippen LogP contribution in [0, 0.1) is 6.92 Å². The second-order valence-corrected chi connectivity index (χ2v) is 6.64. The van der Waals surface area contributed by atoms with E-state index < -0.39 is 0 Å². The number of anilines is 1. The van der Waals surface area contributed by atoms with Crippen molar-refractivity contribution in [1.82, 2.24) is 19.9 Å². The van der Waals surface area contributed by atoms with E-state index >= 15 is 0 Å². The van der Waals surface area contributed by atoms with E-state index in [9.17, 15) is 4.79 Å². The molecule has 3 aromatic heterocycles. The highest BCUT2D eigenvalue weighted by molar-refractivity contribution is 5.93. The number of aromatic nitrogens is 3. The molecule has 1 N–H and O–H groups in total. The van der Waals surface area contributed by atoms with Crippen LogP contribution in [0.2, 0.25) is 0 Å². The first-order valence-electron chi connectivity index (χ1n) is 9.23. The van der Waals surface area contributed by atoms with Gasteiger partial charge in [0, 0.05) is 66.6 Å². The molecule has 7 nitrogen and oxygen atoms in total. The number of nitrogens with zero attached hydrogens (tertiary/aromatic N) is 4. The van der Waals surface area contributed by atoms with Gasteiger partial charge in [-0.1, -0.05) is 0 Å². The molecule has 0 aliphatic carbocycles. The number of aromatic amines is 1. The zero-order valence-electron chi connectivity index (χ0n) is 15.6. The lowest BCUT2D eigenvalue weighted by molar-refractivity contribution is 0.105. The number of nitrogens with one attached hydrogen (secondary N) is 1.